The number of aromatic nitrogens is 1. The Hall–Kier alpha value is -3.94. The van der Waals surface area contributed by atoms with Crippen molar-refractivity contribution in [1.29, 1.82) is 0 Å². The van der Waals surface area contributed by atoms with Gasteiger partial charge >= 0.3 is 0 Å². The van der Waals surface area contributed by atoms with Crippen molar-refractivity contribution in [3.63, 3.8) is 0 Å². The number of nitrogens with one attached hydrogen (secondary N) is 1. The number of hydrogen-bond acceptors (Lipinski definition) is 12. The Morgan fingerprint density at radius 1 is 1.15 bits per heavy atom. The van der Waals surface area contributed by atoms with Gasteiger partial charge < -0.3 is 46.1 Å². The maximum Gasteiger partial charge on any atom is 0.254 e. The van der Waals surface area contributed by atoms with Gasteiger partial charge in [-0.2, -0.15) is 0 Å². The number of rotatable bonds is 10. The zero-order valence-corrected chi connectivity index (χ0v) is 27.4. The number of phenolic OH excluding ortho intramolecular Hbond substituents is 1. The first-order valence-electron chi connectivity index (χ1n) is 17.0. The van der Waals surface area contributed by atoms with Crippen LogP contribution in [0.1, 0.15) is 43.9 Å². The molecule has 0 saturated carbocycles. The quantitative estimate of drug-likeness (QED) is 0.249. The topological polar surface area (TPSA) is 170 Å². The number of ether oxygens (including phenoxy) is 1. The van der Waals surface area contributed by atoms with Gasteiger partial charge in [0.1, 0.15) is 23.4 Å². The van der Waals surface area contributed by atoms with E-state index in [-0.39, 0.29) is 24.2 Å². The third-order valence-corrected chi connectivity index (χ3v) is 9.86. The molecule has 6 rings (SSSR count). The van der Waals surface area contributed by atoms with Gasteiger partial charge in [-0.1, -0.05) is 12.1 Å². The molecule has 4 aliphatic rings. The van der Waals surface area contributed by atoms with E-state index < -0.39 is 6.10 Å². The molecular weight excluding hydrogens is 600 g/mol. The number of nitrogens with zero attached hydrogens (tertiary/aromatic N) is 5. The molecule has 4 aliphatic heterocycles. The minimum absolute atomic E-state index is 0.0653. The number of amides is 1. The Bertz CT molecular complexity index is 1440. The van der Waals surface area contributed by atoms with Crippen molar-refractivity contribution in [2.24, 2.45) is 17.4 Å². The summed E-state index contributed by atoms with van der Waals surface area (Å²) >= 11 is 0. The number of phenols is 1. The smallest absolute Gasteiger partial charge is 0.254 e. The van der Waals surface area contributed by atoms with Gasteiger partial charge in [-0.15, -0.1) is 0 Å². The number of carbonyl (C=O) groups is 1. The fourth-order valence-electron chi connectivity index (χ4n) is 7.38. The number of benzene rings is 1. The standard InChI is InChI=1S/C34H50N8O5/c1-23(46-32-15-27(47-38-32)16-33(45)41-12-9-26(43)22-41)19-39-10-4-5-24(8-11-39)20-40-13-14-42-25(21-40)18-37-34(36)30(42)17-29(35)28-6-2-3-7-31(28)44/h2-3,6-7,15,17,23-26,37,43-44H,4-5,8-14,16,18-22,35-36H2,1H3/b29-17-/t23?,24?,25-,26+/m0/s1. The normalized spacial score (nSPS) is 25.3. The molecule has 0 radical (unpaired) electrons. The first-order chi connectivity index (χ1) is 22.7. The van der Waals surface area contributed by atoms with Crippen molar-refractivity contribution in [3.05, 3.63) is 59.2 Å². The van der Waals surface area contributed by atoms with Crippen LogP contribution in [0.4, 0.5) is 0 Å². The van der Waals surface area contributed by atoms with Gasteiger partial charge in [-0.25, -0.2) is 0 Å². The highest BCUT2D eigenvalue weighted by molar-refractivity contribution is 5.78. The second-order valence-electron chi connectivity index (χ2n) is 13.5. The SMILES string of the molecule is CC(CN1CCCC(CN2CCN3C(/C=C(\N)c4ccccc4O)=C(N)NC[C@H]3C2)CC1)Oc1cc(CC(=O)N2CC[C@@H](O)C2)on1. The summed E-state index contributed by atoms with van der Waals surface area (Å²) in [5.74, 6) is 2.23. The summed E-state index contributed by atoms with van der Waals surface area (Å²) in [6.45, 7) is 10.6. The van der Waals surface area contributed by atoms with Crippen molar-refractivity contribution in [1.82, 2.24) is 30.1 Å². The predicted octanol–water partition coefficient (Wildman–Crippen LogP) is 1.10. The third-order valence-electron chi connectivity index (χ3n) is 9.86. The molecule has 256 valence electrons. The molecule has 2 aromatic rings. The van der Waals surface area contributed by atoms with Crippen LogP contribution in [0.3, 0.4) is 0 Å². The summed E-state index contributed by atoms with van der Waals surface area (Å²) in [7, 11) is 0. The molecule has 13 heteroatoms. The van der Waals surface area contributed by atoms with Crippen LogP contribution in [0.5, 0.6) is 11.6 Å². The minimum atomic E-state index is -0.439. The maximum absolute atomic E-state index is 12.5. The molecule has 3 saturated heterocycles. The number of hydrogen-bond donors (Lipinski definition) is 5. The van der Waals surface area contributed by atoms with E-state index in [9.17, 15) is 15.0 Å². The number of carbonyl (C=O) groups excluding carboxylic acids is 1. The van der Waals surface area contributed by atoms with E-state index in [0.29, 0.717) is 60.2 Å². The molecule has 2 unspecified atom stereocenters. The molecule has 0 spiro atoms. The zero-order valence-electron chi connectivity index (χ0n) is 27.4. The fourth-order valence-corrected chi connectivity index (χ4v) is 7.38. The van der Waals surface area contributed by atoms with Crippen LogP contribution in [-0.4, -0.2) is 125 Å². The highest BCUT2D eigenvalue weighted by Crippen LogP contribution is 2.28. The lowest BCUT2D eigenvalue weighted by molar-refractivity contribution is -0.130. The second kappa shape index (κ2) is 14.9. The fraction of sp³-hybridized carbons (Fsp3) is 0.588. The number of allylic oxidation sites excluding steroid dienone is 1. The van der Waals surface area contributed by atoms with E-state index in [1.165, 1.54) is 6.42 Å². The van der Waals surface area contributed by atoms with Crippen LogP contribution in [-0.2, 0) is 11.2 Å². The van der Waals surface area contributed by atoms with Crippen LogP contribution in [0.2, 0.25) is 0 Å². The number of nitrogens with two attached hydrogens (primary N) is 2. The molecule has 3 fully saturated rings. The van der Waals surface area contributed by atoms with Crippen LogP contribution >= 0.6 is 0 Å². The Balaban J connectivity index is 0.945. The Kier molecular flexibility index (Phi) is 10.4. The van der Waals surface area contributed by atoms with Gasteiger partial charge in [0, 0.05) is 69.7 Å². The van der Waals surface area contributed by atoms with E-state index >= 15 is 0 Å². The number of β-amino-alcohol motifs (C(OH)–C–C–N with tert-alkyl or cyclic N) is 1. The lowest BCUT2D eigenvalue weighted by atomic mass is 9.98. The van der Waals surface area contributed by atoms with Gasteiger partial charge in [-0.3, -0.25) is 14.6 Å². The molecule has 7 N–H and O–H groups in total. The van der Waals surface area contributed by atoms with Gasteiger partial charge in [0.25, 0.3) is 5.88 Å². The lowest BCUT2D eigenvalue weighted by Crippen LogP contribution is -2.59. The molecule has 1 amide bonds. The maximum atomic E-state index is 12.5. The lowest BCUT2D eigenvalue weighted by Gasteiger charge is -2.47. The molecule has 4 atom stereocenters. The second-order valence-corrected chi connectivity index (χ2v) is 13.5. The van der Waals surface area contributed by atoms with Crippen LogP contribution in [0, 0.1) is 5.92 Å². The van der Waals surface area contributed by atoms with Crippen LogP contribution in [0.15, 0.2) is 52.4 Å². The number of para-hydroxylation sites is 1. The molecule has 1 aromatic carbocycles. The minimum Gasteiger partial charge on any atom is -0.507 e. The highest BCUT2D eigenvalue weighted by atomic mass is 16.5. The predicted molar refractivity (Wildman–Crippen MR) is 178 cm³/mol. The van der Waals surface area contributed by atoms with Gasteiger partial charge in [0.15, 0.2) is 0 Å². The summed E-state index contributed by atoms with van der Waals surface area (Å²) in [5, 5.41) is 27.4. The van der Waals surface area contributed by atoms with E-state index in [2.05, 4.69) is 25.2 Å². The van der Waals surface area contributed by atoms with Gasteiger partial charge in [0.2, 0.25) is 5.91 Å². The average Bonchev–Trinajstić information content (AvgIpc) is 3.62. The first kappa shape index (κ1) is 33.0. The first-order valence-corrected chi connectivity index (χ1v) is 17.0. The molecular formula is C34H50N8O5. The summed E-state index contributed by atoms with van der Waals surface area (Å²) in [5.41, 5.74) is 14.8. The van der Waals surface area contributed by atoms with Crippen molar-refractivity contribution in [2.45, 2.75) is 57.3 Å². The number of aliphatic hydroxyl groups excluding tert-OH is 1. The number of likely N-dealkylation sites (tertiary alicyclic amines) is 2. The zero-order chi connectivity index (χ0) is 32.9. The van der Waals surface area contributed by atoms with Crippen molar-refractivity contribution in [3.8, 4) is 11.6 Å². The average molecular weight is 651 g/mol. The van der Waals surface area contributed by atoms with Crippen molar-refractivity contribution in [2.75, 3.05) is 65.4 Å². The summed E-state index contributed by atoms with van der Waals surface area (Å²) in [4.78, 5) is 21.6. The Labute approximate surface area is 276 Å². The number of aromatic hydroxyl groups is 1. The van der Waals surface area contributed by atoms with Crippen LogP contribution in [0.25, 0.3) is 5.70 Å². The van der Waals surface area contributed by atoms with Gasteiger partial charge in [-0.05, 0) is 75.0 Å². The highest BCUT2D eigenvalue weighted by Gasteiger charge is 2.33. The molecule has 5 heterocycles. The molecule has 13 nitrogen and oxygen atoms in total. The summed E-state index contributed by atoms with van der Waals surface area (Å²) in [6, 6.07) is 9.09. The monoisotopic (exact) mass is 650 g/mol. The molecule has 0 bridgehead atoms. The molecule has 0 aliphatic carbocycles. The van der Waals surface area contributed by atoms with Gasteiger partial charge in [0.05, 0.1) is 24.3 Å². The van der Waals surface area contributed by atoms with Crippen molar-refractivity contribution >= 4 is 11.6 Å². The third kappa shape index (κ3) is 8.32. The van der Waals surface area contributed by atoms with E-state index in [4.69, 9.17) is 20.7 Å². The number of piperazine rings is 1. The number of fused-ring (bicyclic) bond motifs is 1. The van der Waals surface area contributed by atoms with Crippen molar-refractivity contribution < 1.29 is 24.3 Å². The van der Waals surface area contributed by atoms with E-state index in [0.717, 1.165) is 70.9 Å². The van der Waals surface area contributed by atoms with E-state index in [1.807, 2.05) is 25.1 Å². The van der Waals surface area contributed by atoms with Crippen LogP contribution < -0.4 is 21.5 Å². The Morgan fingerprint density at radius 3 is 2.81 bits per heavy atom. The molecule has 47 heavy (non-hydrogen) atoms. The van der Waals surface area contributed by atoms with E-state index in [1.54, 1.807) is 23.1 Å². The largest absolute Gasteiger partial charge is 0.507 e. The molecule has 1 aromatic heterocycles. The summed E-state index contributed by atoms with van der Waals surface area (Å²) < 4.78 is 11.4. The Morgan fingerprint density at radius 2 is 2.00 bits per heavy atom. The summed E-state index contributed by atoms with van der Waals surface area (Å²) in [6.07, 6.45) is 5.63. The number of aliphatic hydroxyl groups is 1.